The smallest absolute Gasteiger partial charge is 0.292 e. The number of nitrogens with one attached hydrogen (secondary N) is 2. The zero-order valence-electron chi connectivity index (χ0n) is 10.9. The SMILES string of the molecule is CCNC1COCC1c1nc(C(=O)NC2CC2)no1. The molecule has 2 heterocycles. The lowest BCUT2D eigenvalue weighted by Gasteiger charge is -2.13. The number of rotatable bonds is 5. The molecule has 2 fully saturated rings. The first-order valence-corrected chi connectivity index (χ1v) is 6.73. The molecule has 7 heteroatoms. The van der Waals surface area contributed by atoms with E-state index in [1.165, 1.54) is 0 Å². The zero-order valence-corrected chi connectivity index (χ0v) is 10.9. The van der Waals surface area contributed by atoms with Crippen molar-refractivity contribution in [3.63, 3.8) is 0 Å². The van der Waals surface area contributed by atoms with E-state index < -0.39 is 0 Å². The minimum absolute atomic E-state index is 0.0231. The van der Waals surface area contributed by atoms with Crippen LogP contribution in [0.15, 0.2) is 4.52 Å². The first kappa shape index (κ1) is 12.6. The van der Waals surface area contributed by atoms with Crippen molar-refractivity contribution in [3.05, 3.63) is 11.7 Å². The van der Waals surface area contributed by atoms with Crippen LogP contribution in [0.4, 0.5) is 0 Å². The van der Waals surface area contributed by atoms with Gasteiger partial charge in [0, 0.05) is 12.1 Å². The second kappa shape index (κ2) is 5.26. The molecule has 104 valence electrons. The number of hydrogen-bond acceptors (Lipinski definition) is 6. The molecule has 1 saturated heterocycles. The lowest BCUT2D eigenvalue weighted by atomic mass is 10.0. The van der Waals surface area contributed by atoms with Gasteiger partial charge in [-0.25, -0.2) is 0 Å². The third-order valence-corrected chi connectivity index (χ3v) is 3.42. The van der Waals surface area contributed by atoms with E-state index in [1.54, 1.807) is 0 Å². The molecule has 1 aromatic heterocycles. The maximum atomic E-state index is 11.8. The molecular weight excluding hydrogens is 248 g/mol. The van der Waals surface area contributed by atoms with Crippen molar-refractivity contribution in [2.75, 3.05) is 19.8 Å². The number of aromatic nitrogens is 2. The quantitative estimate of drug-likeness (QED) is 0.783. The summed E-state index contributed by atoms with van der Waals surface area (Å²) in [5, 5.41) is 9.91. The average molecular weight is 266 g/mol. The van der Waals surface area contributed by atoms with Crippen LogP contribution < -0.4 is 10.6 Å². The summed E-state index contributed by atoms with van der Waals surface area (Å²) >= 11 is 0. The van der Waals surface area contributed by atoms with E-state index in [9.17, 15) is 4.79 Å². The summed E-state index contributed by atoms with van der Waals surface area (Å²) in [6, 6.07) is 0.462. The van der Waals surface area contributed by atoms with Crippen LogP contribution in [0.2, 0.25) is 0 Å². The summed E-state index contributed by atoms with van der Waals surface area (Å²) in [5.74, 6) is 0.361. The summed E-state index contributed by atoms with van der Waals surface area (Å²) < 4.78 is 10.6. The Kier molecular flexibility index (Phi) is 3.48. The van der Waals surface area contributed by atoms with Crippen molar-refractivity contribution >= 4 is 5.91 Å². The van der Waals surface area contributed by atoms with Gasteiger partial charge >= 0.3 is 0 Å². The Hall–Kier alpha value is -1.47. The highest BCUT2D eigenvalue weighted by Gasteiger charge is 2.34. The van der Waals surface area contributed by atoms with E-state index in [0.717, 1.165) is 19.4 Å². The lowest BCUT2D eigenvalue weighted by molar-refractivity contribution is 0.0937. The van der Waals surface area contributed by atoms with E-state index >= 15 is 0 Å². The van der Waals surface area contributed by atoms with Crippen LogP contribution in [0.25, 0.3) is 0 Å². The summed E-state index contributed by atoms with van der Waals surface area (Å²) in [5.41, 5.74) is 0. The van der Waals surface area contributed by atoms with Gasteiger partial charge in [0.15, 0.2) is 0 Å². The van der Waals surface area contributed by atoms with Gasteiger partial charge in [0.1, 0.15) is 0 Å². The molecule has 2 atom stereocenters. The highest BCUT2D eigenvalue weighted by atomic mass is 16.5. The summed E-state index contributed by atoms with van der Waals surface area (Å²) in [7, 11) is 0. The number of ether oxygens (including phenoxy) is 1. The first-order valence-electron chi connectivity index (χ1n) is 6.73. The van der Waals surface area contributed by atoms with Crippen LogP contribution in [0.5, 0.6) is 0 Å². The Bertz CT molecular complexity index is 458. The maximum Gasteiger partial charge on any atom is 0.292 e. The fourth-order valence-electron chi connectivity index (χ4n) is 2.22. The van der Waals surface area contributed by atoms with Gasteiger partial charge in [-0.15, -0.1) is 0 Å². The van der Waals surface area contributed by atoms with Crippen molar-refractivity contribution < 1.29 is 14.1 Å². The van der Waals surface area contributed by atoms with Gasteiger partial charge in [0.05, 0.1) is 19.1 Å². The molecule has 3 rings (SSSR count). The predicted molar refractivity (Wildman–Crippen MR) is 65.8 cm³/mol. The molecular formula is C12H18N4O3. The van der Waals surface area contributed by atoms with Crippen LogP contribution in [0.3, 0.4) is 0 Å². The topological polar surface area (TPSA) is 89.3 Å². The Balaban J connectivity index is 1.67. The van der Waals surface area contributed by atoms with Gasteiger partial charge in [0.2, 0.25) is 5.89 Å². The predicted octanol–water partition coefficient (Wildman–Crippen LogP) is 0.0537. The van der Waals surface area contributed by atoms with Crippen LogP contribution in [-0.2, 0) is 4.74 Å². The van der Waals surface area contributed by atoms with Gasteiger partial charge in [-0.1, -0.05) is 12.1 Å². The van der Waals surface area contributed by atoms with Crippen molar-refractivity contribution in [2.24, 2.45) is 0 Å². The fourth-order valence-corrected chi connectivity index (χ4v) is 2.22. The summed E-state index contributed by atoms with van der Waals surface area (Å²) in [6.45, 7) is 4.07. The third-order valence-electron chi connectivity index (χ3n) is 3.42. The van der Waals surface area contributed by atoms with E-state index in [1.807, 2.05) is 6.92 Å². The maximum absolute atomic E-state index is 11.8. The number of hydrogen-bond donors (Lipinski definition) is 2. The monoisotopic (exact) mass is 266 g/mol. The first-order chi connectivity index (χ1) is 9.28. The molecule has 1 amide bonds. The Morgan fingerprint density at radius 2 is 2.26 bits per heavy atom. The number of carbonyl (C=O) groups is 1. The highest BCUT2D eigenvalue weighted by molar-refractivity contribution is 5.90. The Morgan fingerprint density at radius 3 is 3.00 bits per heavy atom. The van der Waals surface area contributed by atoms with Gasteiger partial charge in [-0.05, 0) is 19.4 Å². The lowest BCUT2D eigenvalue weighted by Crippen LogP contribution is -2.34. The molecule has 0 spiro atoms. The van der Waals surface area contributed by atoms with Gasteiger partial charge in [-0.3, -0.25) is 4.79 Å². The summed E-state index contributed by atoms with van der Waals surface area (Å²) in [6.07, 6.45) is 2.07. The number of nitrogens with zero attached hydrogens (tertiary/aromatic N) is 2. The molecule has 1 aliphatic carbocycles. The molecule has 1 aliphatic heterocycles. The number of likely N-dealkylation sites (N-methyl/N-ethyl adjacent to an activating group) is 1. The van der Waals surface area contributed by atoms with Crippen molar-refractivity contribution in [3.8, 4) is 0 Å². The average Bonchev–Trinajstić information content (AvgIpc) is 2.93. The van der Waals surface area contributed by atoms with Crippen LogP contribution in [0.1, 0.15) is 42.2 Å². The van der Waals surface area contributed by atoms with Crippen molar-refractivity contribution in [2.45, 2.75) is 37.8 Å². The van der Waals surface area contributed by atoms with E-state index in [2.05, 4.69) is 20.8 Å². The minimum Gasteiger partial charge on any atom is -0.379 e. The van der Waals surface area contributed by atoms with Crippen LogP contribution in [-0.4, -0.2) is 47.9 Å². The number of carbonyl (C=O) groups excluding carboxylic acids is 1. The van der Waals surface area contributed by atoms with Gasteiger partial charge in [-0.2, -0.15) is 4.98 Å². The zero-order chi connectivity index (χ0) is 13.2. The molecule has 0 bridgehead atoms. The standard InChI is InChI=1S/C12H18N4O3/c1-2-13-9-6-18-5-8(9)12-15-10(16-19-12)11(17)14-7-3-4-7/h7-9,13H,2-6H2,1H3,(H,14,17). The Labute approximate surface area is 111 Å². The molecule has 0 radical (unpaired) electrons. The Morgan fingerprint density at radius 1 is 1.42 bits per heavy atom. The molecule has 19 heavy (non-hydrogen) atoms. The van der Waals surface area contributed by atoms with Crippen LogP contribution in [0, 0.1) is 0 Å². The van der Waals surface area contributed by atoms with Gasteiger partial charge in [0.25, 0.3) is 11.7 Å². The van der Waals surface area contributed by atoms with Crippen LogP contribution >= 0.6 is 0 Å². The molecule has 2 N–H and O–H groups in total. The molecule has 0 aromatic carbocycles. The molecule has 1 aromatic rings. The van der Waals surface area contributed by atoms with Gasteiger partial charge < -0.3 is 19.9 Å². The third kappa shape index (κ3) is 2.76. The summed E-state index contributed by atoms with van der Waals surface area (Å²) in [4.78, 5) is 16.0. The van der Waals surface area contributed by atoms with E-state index in [-0.39, 0.29) is 23.7 Å². The highest BCUT2D eigenvalue weighted by Crippen LogP contribution is 2.24. The molecule has 1 saturated carbocycles. The molecule has 2 aliphatic rings. The molecule has 7 nitrogen and oxygen atoms in total. The van der Waals surface area contributed by atoms with Crippen molar-refractivity contribution in [1.29, 1.82) is 0 Å². The minimum atomic E-state index is -0.253. The van der Waals surface area contributed by atoms with Crippen molar-refractivity contribution in [1.82, 2.24) is 20.8 Å². The number of amides is 1. The normalized spacial score (nSPS) is 26.6. The second-order valence-corrected chi connectivity index (χ2v) is 5.01. The largest absolute Gasteiger partial charge is 0.379 e. The van der Waals surface area contributed by atoms with E-state index in [4.69, 9.17) is 9.26 Å². The fraction of sp³-hybridized carbons (Fsp3) is 0.750. The van der Waals surface area contributed by atoms with E-state index in [0.29, 0.717) is 25.1 Å². The molecule has 2 unspecified atom stereocenters. The second-order valence-electron chi connectivity index (χ2n) is 5.01.